The molecule has 0 bridgehead atoms. The summed E-state index contributed by atoms with van der Waals surface area (Å²) >= 11 is 0. The molecule has 0 spiro atoms. The van der Waals surface area contributed by atoms with Gasteiger partial charge < -0.3 is 10.5 Å². The van der Waals surface area contributed by atoms with Crippen molar-refractivity contribution in [1.29, 1.82) is 0 Å². The number of rotatable bonds is 4. The highest BCUT2D eigenvalue weighted by molar-refractivity contribution is 5.32. The average molecular weight is 213 g/mol. The topological polar surface area (TPSA) is 35.2 Å². The van der Waals surface area contributed by atoms with Gasteiger partial charge in [0, 0.05) is 6.07 Å². The summed E-state index contributed by atoms with van der Waals surface area (Å²) in [6.07, 6.45) is 0.788. The summed E-state index contributed by atoms with van der Waals surface area (Å²) in [5.74, 6) is 0.335. The van der Waals surface area contributed by atoms with Crippen LogP contribution in [0.25, 0.3) is 0 Å². The maximum atomic E-state index is 12.8. The fourth-order valence-corrected chi connectivity index (χ4v) is 0.995. The Labute approximate surface area is 91.2 Å². The minimum Gasteiger partial charge on any atom is -0.493 e. The number of aryl methyl sites for hydroxylation is 1. The molecule has 0 unspecified atom stereocenters. The molecule has 15 heavy (non-hydrogen) atoms. The van der Waals surface area contributed by atoms with Crippen LogP contribution in [0.4, 0.5) is 4.39 Å². The van der Waals surface area contributed by atoms with Gasteiger partial charge in [-0.2, -0.15) is 0 Å². The highest BCUT2D eigenvalue weighted by Crippen LogP contribution is 2.18. The molecule has 0 saturated carbocycles. The van der Waals surface area contributed by atoms with E-state index in [-0.39, 0.29) is 5.82 Å². The first kappa shape index (κ1) is 13.9. The van der Waals surface area contributed by atoms with Gasteiger partial charge in [0.05, 0.1) is 6.61 Å². The van der Waals surface area contributed by atoms with Gasteiger partial charge in [-0.1, -0.05) is 19.9 Å². The number of halogens is 1. The van der Waals surface area contributed by atoms with Crippen LogP contribution < -0.4 is 10.5 Å². The SMILES string of the molecule is CC.Cc1ccc(F)cc1OCCCN. The van der Waals surface area contributed by atoms with Gasteiger partial charge in [0.1, 0.15) is 11.6 Å². The van der Waals surface area contributed by atoms with Crippen LogP contribution in [0.15, 0.2) is 18.2 Å². The van der Waals surface area contributed by atoms with Gasteiger partial charge in [-0.3, -0.25) is 0 Å². The van der Waals surface area contributed by atoms with Gasteiger partial charge in [-0.25, -0.2) is 4.39 Å². The van der Waals surface area contributed by atoms with Crippen molar-refractivity contribution < 1.29 is 9.13 Å². The zero-order valence-electron chi connectivity index (χ0n) is 9.72. The molecule has 0 aliphatic rings. The van der Waals surface area contributed by atoms with Crippen LogP contribution in [0.2, 0.25) is 0 Å². The molecule has 86 valence electrons. The Morgan fingerprint density at radius 2 is 2.00 bits per heavy atom. The first-order valence-corrected chi connectivity index (χ1v) is 5.33. The normalized spacial score (nSPS) is 9.13. The van der Waals surface area contributed by atoms with Gasteiger partial charge in [-0.05, 0) is 31.5 Å². The lowest BCUT2D eigenvalue weighted by atomic mass is 10.2. The fourth-order valence-electron chi connectivity index (χ4n) is 0.995. The van der Waals surface area contributed by atoms with Crippen LogP contribution >= 0.6 is 0 Å². The molecule has 0 saturated heterocycles. The maximum Gasteiger partial charge on any atom is 0.126 e. The van der Waals surface area contributed by atoms with Crippen molar-refractivity contribution in [3.63, 3.8) is 0 Å². The second-order valence-electron chi connectivity index (χ2n) is 2.90. The van der Waals surface area contributed by atoms with Crippen molar-refractivity contribution in [2.24, 2.45) is 5.73 Å². The molecule has 2 N–H and O–H groups in total. The molecule has 0 amide bonds. The molecule has 0 radical (unpaired) electrons. The van der Waals surface area contributed by atoms with Crippen LogP contribution in [0, 0.1) is 12.7 Å². The summed E-state index contributed by atoms with van der Waals surface area (Å²) in [6, 6.07) is 4.52. The molecule has 1 aromatic carbocycles. The lowest BCUT2D eigenvalue weighted by Gasteiger charge is -2.07. The summed E-state index contributed by atoms with van der Waals surface area (Å²) in [5, 5.41) is 0. The Balaban J connectivity index is 0.000000921. The van der Waals surface area contributed by atoms with Crippen molar-refractivity contribution >= 4 is 0 Å². The lowest BCUT2D eigenvalue weighted by molar-refractivity contribution is 0.310. The van der Waals surface area contributed by atoms with Crippen molar-refractivity contribution in [3.8, 4) is 5.75 Å². The molecule has 0 atom stereocenters. The van der Waals surface area contributed by atoms with E-state index in [1.807, 2.05) is 20.8 Å². The zero-order chi connectivity index (χ0) is 11.7. The van der Waals surface area contributed by atoms with Crippen molar-refractivity contribution in [1.82, 2.24) is 0 Å². The Kier molecular flexibility index (Phi) is 7.64. The summed E-state index contributed by atoms with van der Waals surface area (Å²) in [5.41, 5.74) is 6.25. The second kappa shape index (κ2) is 8.24. The molecule has 1 rings (SSSR count). The van der Waals surface area contributed by atoms with E-state index >= 15 is 0 Å². The largest absolute Gasteiger partial charge is 0.493 e. The molecule has 0 fully saturated rings. The maximum absolute atomic E-state index is 12.8. The summed E-state index contributed by atoms with van der Waals surface area (Å²) in [4.78, 5) is 0. The molecule has 1 aromatic rings. The van der Waals surface area contributed by atoms with E-state index in [1.165, 1.54) is 12.1 Å². The number of hydrogen-bond donors (Lipinski definition) is 1. The van der Waals surface area contributed by atoms with Gasteiger partial charge in [0.25, 0.3) is 0 Å². The Hall–Kier alpha value is -1.09. The monoisotopic (exact) mass is 213 g/mol. The highest BCUT2D eigenvalue weighted by Gasteiger charge is 2.00. The zero-order valence-corrected chi connectivity index (χ0v) is 9.72. The van der Waals surface area contributed by atoms with Crippen LogP contribution in [0.5, 0.6) is 5.75 Å². The first-order chi connectivity index (χ1) is 7.24. The first-order valence-electron chi connectivity index (χ1n) is 5.33. The number of ether oxygens (including phenoxy) is 1. The molecule has 0 aliphatic heterocycles. The number of benzene rings is 1. The molecule has 3 heteroatoms. The van der Waals surface area contributed by atoms with Gasteiger partial charge in [0.15, 0.2) is 0 Å². The molecule has 0 aliphatic carbocycles. The van der Waals surface area contributed by atoms with E-state index in [2.05, 4.69) is 0 Å². The van der Waals surface area contributed by atoms with Crippen LogP contribution in [-0.4, -0.2) is 13.2 Å². The van der Waals surface area contributed by atoms with Crippen molar-refractivity contribution in [2.75, 3.05) is 13.2 Å². The molecule has 2 nitrogen and oxygen atoms in total. The van der Waals surface area contributed by atoms with Gasteiger partial charge in [-0.15, -0.1) is 0 Å². The van der Waals surface area contributed by atoms with Crippen LogP contribution in [-0.2, 0) is 0 Å². The summed E-state index contributed by atoms with van der Waals surface area (Å²) in [7, 11) is 0. The van der Waals surface area contributed by atoms with E-state index in [1.54, 1.807) is 6.07 Å². The quantitative estimate of drug-likeness (QED) is 0.780. The van der Waals surface area contributed by atoms with Crippen LogP contribution in [0.1, 0.15) is 25.8 Å². The average Bonchev–Trinajstić information content (AvgIpc) is 2.26. The Bertz CT molecular complexity index is 276. The van der Waals surface area contributed by atoms with Crippen LogP contribution in [0.3, 0.4) is 0 Å². The van der Waals surface area contributed by atoms with Crippen molar-refractivity contribution in [2.45, 2.75) is 27.2 Å². The number of hydrogen-bond acceptors (Lipinski definition) is 2. The minimum atomic E-state index is -0.270. The van der Waals surface area contributed by atoms with E-state index in [0.29, 0.717) is 18.9 Å². The molecular weight excluding hydrogens is 193 g/mol. The Morgan fingerprint density at radius 1 is 1.33 bits per heavy atom. The predicted molar refractivity (Wildman–Crippen MR) is 61.7 cm³/mol. The van der Waals surface area contributed by atoms with E-state index in [9.17, 15) is 4.39 Å². The van der Waals surface area contributed by atoms with Gasteiger partial charge in [0.2, 0.25) is 0 Å². The Morgan fingerprint density at radius 3 is 2.60 bits per heavy atom. The molecule has 0 heterocycles. The summed E-state index contributed by atoms with van der Waals surface area (Å²) < 4.78 is 18.1. The van der Waals surface area contributed by atoms with Gasteiger partial charge >= 0.3 is 0 Å². The number of nitrogens with two attached hydrogens (primary N) is 1. The third-order valence-corrected chi connectivity index (χ3v) is 1.76. The second-order valence-corrected chi connectivity index (χ2v) is 2.90. The minimum absolute atomic E-state index is 0.270. The lowest BCUT2D eigenvalue weighted by Crippen LogP contribution is -2.06. The van der Waals surface area contributed by atoms with E-state index in [0.717, 1.165) is 12.0 Å². The fraction of sp³-hybridized carbons (Fsp3) is 0.500. The molecular formula is C12H20FNO. The molecule has 0 aromatic heterocycles. The van der Waals surface area contributed by atoms with E-state index < -0.39 is 0 Å². The van der Waals surface area contributed by atoms with E-state index in [4.69, 9.17) is 10.5 Å². The standard InChI is InChI=1S/C10H14FNO.C2H6/c1-8-3-4-9(11)7-10(8)13-6-2-5-12;1-2/h3-4,7H,2,5-6,12H2,1H3;1-2H3. The summed E-state index contributed by atoms with van der Waals surface area (Å²) in [6.45, 7) is 7.02. The van der Waals surface area contributed by atoms with Crippen molar-refractivity contribution in [3.05, 3.63) is 29.6 Å². The predicted octanol–water partition coefficient (Wildman–Crippen LogP) is 2.89. The smallest absolute Gasteiger partial charge is 0.126 e. The third kappa shape index (κ3) is 5.37. The third-order valence-electron chi connectivity index (χ3n) is 1.76. The highest BCUT2D eigenvalue weighted by atomic mass is 19.1.